The first-order valence-corrected chi connectivity index (χ1v) is 9.34. The highest BCUT2D eigenvalue weighted by atomic mass is 35.5. The third-order valence-corrected chi connectivity index (χ3v) is 4.62. The second-order valence-electron chi connectivity index (χ2n) is 6.65. The predicted molar refractivity (Wildman–Crippen MR) is 112 cm³/mol. The van der Waals surface area contributed by atoms with Crippen molar-refractivity contribution in [2.45, 2.75) is 20.0 Å². The van der Waals surface area contributed by atoms with E-state index in [2.05, 4.69) is 5.32 Å². The number of aliphatic hydroxyl groups is 1. The third-order valence-electron chi connectivity index (χ3n) is 4.39. The van der Waals surface area contributed by atoms with Gasteiger partial charge in [0.25, 0.3) is 5.91 Å². The van der Waals surface area contributed by atoms with Crippen molar-refractivity contribution in [2.75, 3.05) is 11.9 Å². The molecule has 0 radical (unpaired) electrons. The lowest BCUT2D eigenvalue weighted by molar-refractivity contribution is -0.118. The Labute approximate surface area is 169 Å². The van der Waals surface area contributed by atoms with Crippen LogP contribution >= 0.6 is 11.6 Å². The van der Waals surface area contributed by atoms with Crippen LogP contribution in [0.1, 0.15) is 28.4 Å². The number of hydrogen-bond acceptors (Lipinski definition) is 3. The van der Waals surface area contributed by atoms with Crippen LogP contribution in [-0.2, 0) is 4.79 Å². The fraction of sp³-hybridized carbons (Fsp3) is 0.174. The van der Waals surface area contributed by atoms with Crippen LogP contribution < -0.4 is 10.1 Å². The molecular weight excluding hydrogens is 374 g/mol. The highest BCUT2D eigenvalue weighted by Gasteiger charge is 2.17. The van der Waals surface area contributed by atoms with E-state index in [-0.39, 0.29) is 12.5 Å². The monoisotopic (exact) mass is 395 g/mol. The fourth-order valence-electron chi connectivity index (χ4n) is 2.98. The van der Waals surface area contributed by atoms with Crippen LogP contribution in [0.25, 0.3) is 0 Å². The number of amides is 1. The molecule has 1 atom stereocenters. The van der Waals surface area contributed by atoms with Gasteiger partial charge in [-0.15, -0.1) is 0 Å². The number of hydrogen-bond donors (Lipinski definition) is 2. The van der Waals surface area contributed by atoms with Gasteiger partial charge in [0, 0.05) is 16.3 Å². The number of halogens is 1. The third kappa shape index (κ3) is 4.91. The zero-order valence-corrected chi connectivity index (χ0v) is 16.5. The first-order chi connectivity index (χ1) is 13.4. The topological polar surface area (TPSA) is 58.6 Å². The van der Waals surface area contributed by atoms with Gasteiger partial charge in [0.1, 0.15) is 11.9 Å². The summed E-state index contributed by atoms with van der Waals surface area (Å²) in [6.07, 6.45) is -0.907. The number of benzene rings is 3. The quantitative estimate of drug-likeness (QED) is 0.613. The van der Waals surface area contributed by atoms with E-state index in [9.17, 15) is 9.90 Å². The van der Waals surface area contributed by atoms with Gasteiger partial charge in [-0.2, -0.15) is 0 Å². The van der Waals surface area contributed by atoms with Crippen molar-refractivity contribution in [1.82, 2.24) is 0 Å². The summed E-state index contributed by atoms with van der Waals surface area (Å²) in [4.78, 5) is 12.4. The maximum atomic E-state index is 12.4. The minimum absolute atomic E-state index is 0.132. The summed E-state index contributed by atoms with van der Waals surface area (Å²) >= 11 is 6.11. The van der Waals surface area contributed by atoms with E-state index in [1.165, 1.54) is 0 Å². The van der Waals surface area contributed by atoms with Gasteiger partial charge in [0.2, 0.25) is 0 Å². The Kier molecular flexibility index (Phi) is 6.34. The molecule has 0 fully saturated rings. The molecule has 2 N–H and O–H groups in total. The maximum Gasteiger partial charge on any atom is 0.262 e. The Morgan fingerprint density at radius 2 is 1.82 bits per heavy atom. The lowest BCUT2D eigenvalue weighted by atomic mass is 10.00. The van der Waals surface area contributed by atoms with Gasteiger partial charge in [-0.25, -0.2) is 0 Å². The lowest BCUT2D eigenvalue weighted by Gasteiger charge is -2.17. The van der Waals surface area contributed by atoms with E-state index in [0.717, 1.165) is 11.1 Å². The van der Waals surface area contributed by atoms with Crippen LogP contribution in [0.3, 0.4) is 0 Å². The van der Waals surface area contributed by atoms with Gasteiger partial charge in [-0.3, -0.25) is 4.79 Å². The molecule has 0 unspecified atom stereocenters. The Morgan fingerprint density at radius 3 is 2.54 bits per heavy atom. The summed E-state index contributed by atoms with van der Waals surface area (Å²) in [6, 6.07) is 20.0. The van der Waals surface area contributed by atoms with Crippen LogP contribution in [0.4, 0.5) is 5.69 Å². The van der Waals surface area contributed by atoms with Crippen molar-refractivity contribution in [3.8, 4) is 5.75 Å². The Balaban J connectivity index is 1.74. The highest BCUT2D eigenvalue weighted by molar-refractivity contribution is 6.30. The van der Waals surface area contributed by atoms with Crippen molar-refractivity contribution in [1.29, 1.82) is 0 Å². The Morgan fingerprint density at radius 1 is 1.07 bits per heavy atom. The number of rotatable bonds is 6. The summed E-state index contributed by atoms with van der Waals surface area (Å²) in [6.45, 7) is 3.81. The molecule has 5 heteroatoms. The smallest absolute Gasteiger partial charge is 0.262 e. The summed E-state index contributed by atoms with van der Waals surface area (Å²) in [5.41, 5.74) is 3.84. The van der Waals surface area contributed by atoms with Crippen LogP contribution in [0.5, 0.6) is 5.75 Å². The molecule has 144 valence electrons. The zero-order valence-electron chi connectivity index (χ0n) is 15.8. The van der Waals surface area contributed by atoms with Gasteiger partial charge >= 0.3 is 0 Å². The van der Waals surface area contributed by atoms with E-state index in [1.807, 2.05) is 62.4 Å². The minimum Gasteiger partial charge on any atom is -0.483 e. The lowest BCUT2D eigenvalue weighted by Crippen LogP contribution is -2.21. The molecule has 0 aromatic heterocycles. The molecule has 3 aromatic carbocycles. The first kappa shape index (κ1) is 19.9. The molecule has 0 bridgehead atoms. The molecule has 0 aliphatic heterocycles. The average molecular weight is 396 g/mol. The molecule has 1 amide bonds. The van der Waals surface area contributed by atoms with E-state index < -0.39 is 6.10 Å². The summed E-state index contributed by atoms with van der Waals surface area (Å²) in [5, 5.41) is 14.0. The number of aryl methyl sites for hydroxylation is 2. The largest absolute Gasteiger partial charge is 0.483 e. The van der Waals surface area contributed by atoms with Crippen molar-refractivity contribution in [2.24, 2.45) is 0 Å². The second kappa shape index (κ2) is 8.91. The minimum atomic E-state index is -0.907. The number of carbonyl (C=O) groups is 1. The molecule has 0 saturated heterocycles. The number of aliphatic hydroxyl groups excluding tert-OH is 1. The molecule has 3 aromatic rings. The second-order valence-corrected chi connectivity index (χ2v) is 7.09. The first-order valence-electron chi connectivity index (χ1n) is 8.96. The van der Waals surface area contributed by atoms with Crippen molar-refractivity contribution >= 4 is 23.2 Å². The average Bonchev–Trinajstić information content (AvgIpc) is 2.69. The van der Waals surface area contributed by atoms with Crippen LogP contribution in [-0.4, -0.2) is 17.6 Å². The molecule has 0 heterocycles. The van der Waals surface area contributed by atoms with Crippen LogP contribution in [0, 0.1) is 13.8 Å². The summed E-state index contributed by atoms with van der Waals surface area (Å²) in [7, 11) is 0. The summed E-state index contributed by atoms with van der Waals surface area (Å²) in [5.74, 6) is 0.352. The molecule has 0 saturated carbocycles. The standard InChI is InChI=1S/C23H22ClNO3/c1-15-8-11-21(16(2)12-15)28-14-22(26)25-20-10-9-18(24)13-19(20)23(27)17-6-4-3-5-7-17/h3-13,23,27H,14H2,1-2H3,(H,25,26)/t23-/m0/s1. The fourth-order valence-corrected chi connectivity index (χ4v) is 3.16. The number of nitrogens with one attached hydrogen (secondary N) is 1. The molecule has 0 aliphatic rings. The van der Waals surface area contributed by atoms with E-state index in [4.69, 9.17) is 16.3 Å². The summed E-state index contributed by atoms with van der Waals surface area (Å²) < 4.78 is 5.63. The zero-order chi connectivity index (χ0) is 20.1. The number of carbonyl (C=O) groups excluding carboxylic acids is 1. The van der Waals surface area contributed by atoms with Crippen LogP contribution in [0.15, 0.2) is 66.7 Å². The van der Waals surface area contributed by atoms with Gasteiger partial charge in [0.05, 0.1) is 0 Å². The molecular formula is C23H22ClNO3. The van der Waals surface area contributed by atoms with Crippen molar-refractivity contribution in [3.05, 3.63) is 94.0 Å². The molecule has 0 aliphatic carbocycles. The number of anilines is 1. The van der Waals surface area contributed by atoms with Crippen LogP contribution in [0.2, 0.25) is 5.02 Å². The van der Waals surface area contributed by atoms with Gasteiger partial charge in [-0.05, 0) is 49.2 Å². The molecule has 0 spiro atoms. The van der Waals surface area contributed by atoms with E-state index in [0.29, 0.717) is 27.6 Å². The Bertz CT molecular complexity index is 973. The van der Waals surface area contributed by atoms with Crippen molar-refractivity contribution in [3.63, 3.8) is 0 Å². The predicted octanol–water partition coefficient (Wildman–Crippen LogP) is 5.06. The molecule has 4 nitrogen and oxygen atoms in total. The van der Waals surface area contributed by atoms with Gasteiger partial charge in [-0.1, -0.05) is 59.6 Å². The Hall–Kier alpha value is -2.82. The maximum absolute atomic E-state index is 12.4. The van der Waals surface area contributed by atoms with E-state index >= 15 is 0 Å². The SMILES string of the molecule is Cc1ccc(OCC(=O)Nc2ccc(Cl)cc2[C@@H](O)c2ccccc2)c(C)c1. The van der Waals surface area contributed by atoms with Crippen molar-refractivity contribution < 1.29 is 14.6 Å². The van der Waals surface area contributed by atoms with Gasteiger partial charge in [0.15, 0.2) is 6.61 Å². The molecule has 3 rings (SSSR count). The highest BCUT2D eigenvalue weighted by Crippen LogP contribution is 2.31. The van der Waals surface area contributed by atoms with Gasteiger partial charge < -0.3 is 15.2 Å². The molecule has 28 heavy (non-hydrogen) atoms. The van der Waals surface area contributed by atoms with E-state index in [1.54, 1.807) is 18.2 Å². The number of ether oxygens (including phenoxy) is 1. The normalized spacial score (nSPS) is 11.7.